The Hall–Kier alpha value is -1.69. The molecule has 2 aliphatic heterocycles. The van der Waals surface area contributed by atoms with E-state index in [1.807, 2.05) is 16.4 Å². The Balaban J connectivity index is 1.81. The summed E-state index contributed by atoms with van der Waals surface area (Å²) in [6, 6.07) is 0. The van der Waals surface area contributed by atoms with Crippen molar-refractivity contribution < 1.29 is 4.79 Å². The van der Waals surface area contributed by atoms with Gasteiger partial charge >= 0.3 is 0 Å². The quantitative estimate of drug-likeness (QED) is 0.798. The molecular weight excluding hydrogens is 322 g/mol. The number of nitrogens with zero attached hydrogens (tertiary/aromatic N) is 3. The fraction of sp³-hybridized carbons (Fsp3) is 0.611. The maximum Gasteiger partial charge on any atom is 0.264 e. The summed E-state index contributed by atoms with van der Waals surface area (Å²) in [6.45, 7) is 4.31. The standard InChI is InChI=1S/C18H23N3O2S/c1-12-14-16(19-13-8-4-2-7-11-21(13)17(14)22)24-15(12)18(23)20-9-5-3-6-10-20/h2-11H2,1H3. The number of carbonyl (C=O) groups is 1. The molecule has 1 saturated heterocycles. The van der Waals surface area contributed by atoms with Crippen molar-refractivity contribution in [1.82, 2.24) is 14.5 Å². The molecule has 2 aromatic rings. The fourth-order valence-electron chi connectivity index (χ4n) is 3.85. The van der Waals surface area contributed by atoms with Crippen LogP contribution in [0, 0.1) is 6.92 Å². The van der Waals surface area contributed by atoms with E-state index in [0.29, 0.717) is 10.3 Å². The second-order valence-corrected chi connectivity index (χ2v) is 7.88. The van der Waals surface area contributed by atoms with E-state index in [1.54, 1.807) is 0 Å². The van der Waals surface area contributed by atoms with Crippen LogP contribution in [0.4, 0.5) is 0 Å². The van der Waals surface area contributed by atoms with Crippen LogP contribution in [0.3, 0.4) is 0 Å². The average molecular weight is 345 g/mol. The molecule has 2 aromatic heterocycles. The molecule has 0 aliphatic carbocycles. The summed E-state index contributed by atoms with van der Waals surface area (Å²) >= 11 is 1.40. The first kappa shape index (κ1) is 15.8. The van der Waals surface area contributed by atoms with Crippen LogP contribution in [0.2, 0.25) is 0 Å². The van der Waals surface area contributed by atoms with Gasteiger partial charge in [0.25, 0.3) is 11.5 Å². The molecule has 5 nitrogen and oxygen atoms in total. The van der Waals surface area contributed by atoms with Gasteiger partial charge in [0.15, 0.2) is 0 Å². The van der Waals surface area contributed by atoms with Crippen molar-refractivity contribution in [3.05, 3.63) is 26.6 Å². The van der Waals surface area contributed by atoms with E-state index in [1.165, 1.54) is 17.8 Å². The van der Waals surface area contributed by atoms with Crippen molar-refractivity contribution in [3.8, 4) is 0 Å². The third-order valence-electron chi connectivity index (χ3n) is 5.25. The van der Waals surface area contributed by atoms with E-state index < -0.39 is 0 Å². The van der Waals surface area contributed by atoms with Gasteiger partial charge in [-0.15, -0.1) is 11.3 Å². The molecular formula is C18H23N3O2S. The molecule has 0 spiro atoms. The highest BCUT2D eigenvalue weighted by atomic mass is 32.1. The second-order valence-electron chi connectivity index (χ2n) is 6.88. The summed E-state index contributed by atoms with van der Waals surface area (Å²) < 4.78 is 1.84. The van der Waals surface area contributed by atoms with Gasteiger partial charge in [-0.1, -0.05) is 6.42 Å². The first-order valence-electron chi connectivity index (χ1n) is 8.99. The van der Waals surface area contributed by atoms with Crippen LogP contribution in [0.15, 0.2) is 4.79 Å². The molecule has 4 rings (SSSR count). The van der Waals surface area contributed by atoms with E-state index in [0.717, 1.165) is 74.4 Å². The lowest BCUT2D eigenvalue weighted by Gasteiger charge is -2.26. The van der Waals surface area contributed by atoms with Crippen LogP contribution in [0.5, 0.6) is 0 Å². The maximum atomic E-state index is 13.0. The van der Waals surface area contributed by atoms with Crippen molar-refractivity contribution in [2.45, 2.75) is 58.4 Å². The molecule has 4 heterocycles. The lowest BCUT2D eigenvalue weighted by molar-refractivity contribution is 0.0728. The third-order valence-corrected chi connectivity index (χ3v) is 6.42. The van der Waals surface area contributed by atoms with Gasteiger partial charge in [-0.05, 0) is 44.6 Å². The molecule has 24 heavy (non-hydrogen) atoms. The highest BCUT2D eigenvalue weighted by Gasteiger charge is 2.25. The van der Waals surface area contributed by atoms with Gasteiger partial charge in [0.05, 0.1) is 10.3 Å². The van der Waals surface area contributed by atoms with Gasteiger partial charge in [0.2, 0.25) is 0 Å². The molecule has 0 N–H and O–H groups in total. The SMILES string of the molecule is Cc1c(C(=O)N2CCCCC2)sc2nc3n(c(=O)c12)CCCCC3. The number of hydrogen-bond donors (Lipinski definition) is 0. The second kappa shape index (κ2) is 6.31. The number of piperidine rings is 1. The van der Waals surface area contributed by atoms with E-state index in [2.05, 4.69) is 0 Å². The Bertz CT molecular complexity index is 846. The zero-order chi connectivity index (χ0) is 16.7. The first-order chi connectivity index (χ1) is 11.7. The van der Waals surface area contributed by atoms with Crippen molar-refractivity contribution >= 4 is 27.5 Å². The van der Waals surface area contributed by atoms with Gasteiger partial charge in [0.1, 0.15) is 10.7 Å². The highest BCUT2D eigenvalue weighted by molar-refractivity contribution is 7.20. The number of likely N-dealkylation sites (tertiary alicyclic amines) is 1. The minimum atomic E-state index is 0.0448. The zero-order valence-electron chi connectivity index (χ0n) is 14.1. The number of fused-ring (bicyclic) bond motifs is 2. The molecule has 0 aromatic carbocycles. The van der Waals surface area contributed by atoms with Gasteiger partial charge in [-0.2, -0.15) is 0 Å². The monoisotopic (exact) mass is 345 g/mol. The summed E-state index contributed by atoms with van der Waals surface area (Å²) in [5.74, 6) is 0.970. The van der Waals surface area contributed by atoms with Crippen molar-refractivity contribution in [2.24, 2.45) is 0 Å². The van der Waals surface area contributed by atoms with Crippen LogP contribution < -0.4 is 5.56 Å². The third kappa shape index (κ3) is 2.57. The molecule has 128 valence electrons. The zero-order valence-corrected chi connectivity index (χ0v) is 15.0. The van der Waals surface area contributed by atoms with E-state index in [4.69, 9.17) is 4.98 Å². The Labute approximate surface area is 145 Å². The normalized spacial score (nSPS) is 18.5. The van der Waals surface area contributed by atoms with Gasteiger partial charge in [-0.25, -0.2) is 4.98 Å². The summed E-state index contributed by atoms with van der Waals surface area (Å²) in [7, 11) is 0. The van der Waals surface area contributed by atoms with Crippen molar-refractivity contribution in [3.63, 3.8) is 0 Å². The lowest BCUT2D eigenvalue weighted by Crippen LogP contribution is -2.35. The smallest absolute Gasteiger partial charge is 0.264 e. The molecule has 0 atom stereocenters. The largest absolute Gasteiger partial charge is 0.338 e. The van der Waals surface area contributed by atoms with E-state index in [9.17, 15) is 9.59 Å². The Morgan fingerprint density at radius 3 is 2.54 bits per heavy atom. The van der Waals surface area contributed by atoms with Crippen LogP contribution in [0.25, 0.3) is 10.2 Å². The van der Waals surface area contributed by atoms with E-state index in [-0.39, 0.29) is 11.5 Å². The average Bonchev–Trinajstić information content (AvgIpc) is 2.78. The number of thiophene rings is 1. The topological polar surface area (TPSA) is 55.2 Å². The molecule has 0 saturated carbocycles. The number of rotatable bonds is 1. The first-order valence-corrected chi connectivity index (χ1v) is 9.80. The predicted molar refractivity (Wildman–Crippen MR) is 95.9 cm³/mol. The molecule has 2 aliphatic rings. The molecule has 0 bridgehead atoms. The van der Waals surface area contributed by atoms with Crippen LogP contribution in [-0.4, -0.2) is 33.4 Å². The van der Waals surface area contributed by atoms with Gasteiger partial charge in [-0.3, -0.25) is 14.2 Å². The van der Waals surface area contributed by atoms with Gasteiger partial charge < -0.3 is 4.90 Å². The number of hydrogen-bond acceptors (Lipinski definition) is 4. The maximum absolute atomic E-state index is 13.0. The molecule has 1 amide bonds. The molecule has 6 heteroatoms. The number of aryl methyl sites for hydroxylation is 2. The van der Waals surface area contributed by atoms with Crippen LogP contribution in [-0.2, 0) is 13.0 Å². The Morgan fingerprint density at radius 2 is 1.75 bits per heavy atom. The number of amides is 1. The summed E-state index contributed by atoms with van der Waals surface area (Å²) in [5.41, 5.74) is 0.867. The summed E-state index contributed by atoms with van der Waals surface area (Å²) in [4.78, 5) is 34.0. The van der Waals surface area contributed by atoms with Crippen molar-refractivity contribution in [1.29, 1.82) is 0 Å². The van der Waals surface area contributed by atoms with Crippen molar-refractivity contribution in [2.75, 3.05) is 13.1 Å². The number of carbonyl (C=O) groups excluding carboxylic acids is 1. The minimum absolute atomic E-state index is 0.0448. The fourth-order valence-corrected chi connectivity index (χ4v) is 5.01. The lowest BCUT2D eigenvalue weighted by atomic mass is 10.1. The highest BCUT2D eigenvalue weighted by Crippen LogP contribution is 2.30. The number of aromatic nitrogens is 2. The van der Waals surface area contributed by atoms with Gasteiger partial charge in [0, 0.05) is 26.1 Å². The summed E-state index contributed by atoms with van der Waals surface area (Å²) in [6.07, 6.45) is 7.47. The summed E-state index contributed by atoms with van der Waals surface area (Å²) in [5, 5.41) is 0.658. The molecule has 0 unspecified atom stereocenters. The minimum Gasteiger partial charge on any atom is -0.338 e. The Kier molecular flexibility index (Phi) is 4.16. The molecule has 0 radical (unpaired) electrons. The van der Waals surface area contributed by atoms with Crippen LogP contribution in [0.1, 0.15) is 59.6 Å². The molecule has 1 fully saturated rings. The predicted octanol–water partition coefficient (Wildman–Crippen LogP) is 3.12. The van der Waals surface area contributed by atoms with E-state index >= 15 is 0 Å². The Morgan fingerprint density at radius 1 is 1.04 bits per heavy atom. The van der Waals surface area contributed by atoms with Crippen LogP contribution >= 0.6 is 11.3 Å².